The zero-order chi connectivity index (χ0) is 23.1. The second-order valence-electron chi connectivity index (χ2n) is 11.5. The predicted molar refractivity (Wildman–Crippen MR) is 134 cm³/mol. The van der Waals surface area contributed by atoms with Crippen molar-refractivity contribution >= 4 is 17.3 Å². The van der Waals surface area contributed by atoms with Crippen molar-refractivity contribution in [2.45, 2.75) is 51.5 Å². The van der Waals surface area contributed by atoms with Crippen LogP contribution in [-0.4, -0.2) is 37.0 Å². The molecular formula is C29H36FN3O. The summed E-state index contributed by atoms with van der Waals surface area (Å²) in [6.07, 6.45) is 8.76. The Bertz CT molecular complexity index is 993. The van der Waals surface area contributed by atoms with E-state index in [1.54, 1.807) is 6.07 Å². The highest BCUT2D eigenvalue weighted by Gasteiger charge is 2.51. The fourth-order valence-corrected chi connectivity index (χ4v) is 7.84. The molecule has 0 radical (unpaired) electrons. The molecule has 34 heavy (non-hydrogen) atoms. The Hall–Kier alpha value is -2.40. The van der Waals surface area contributed by atoms with Crippen molar-refractivity contribution in [3.05, 3.63) is 59.9 Å². The molecule has 2 aromatic rings. The van der Waals surface area contributed by atoms with E-state index in [1.807, 2.05) is 24.3 Å². The third kappa shape index (κ3) is 4.59. The first-order valence-electron chi connectivity index (χ1n) is 13.1. The van der Waals surface area contributed by atoms with Crippen LogP contribution in [0.5, 0.6) is 0 Å². The van der Waals surface area contributed by atoms with E-state index in [-0.39, 0.29) is 17.1 Å². The number of hydrogen-bond acceptors (Lipinski definition) is 3. The van der Waals surface area contributed by atoms with Gasteiger partial charge in [0.05, 0.1) is 0 Å². The molecule has 1 amide bonds. The van der Waals surface area contributed by atoms with Gasteiger partial charge in [-0.25, -0.2) is 4.39 Å². The van der Waals surface area contributed by atoms with E-state index in [0.717, 1.165) is 55.2 Å². The lowest BCUT2D eigenvalue weighted by molar-refractivity contribution is -0.124. The van der Waals surface area contributed by atoms with E-state index >= 15 is 0 Å². The van der Waals surface area contributed by atoms with Gasteiger partial charge in [0.1, 0.15) is 5.82 Å². The van der Waals surface area contributed by atoms with Crippen molar-refractivity contribution in [3.63, 3.8) is 0 Å². The van der Waals surface area contributed by atoms with E-state index in [9.17, 15) is 9.18 Å². The zero-order valence-electron chi connectivity index (χ0n) is 20.0. The SMILES string of the molecule is O=C(CC12CC3CC(CC(C3)C1)C2)Nc1ccc(N2CCN(Cc3ccccc3F)CC2)cc1. The van der Waals surface area contributed by atoms with Crippen LogP contribution in [-0.2, 0) is 11.3 Å². The Balaban J connectivity index is 1.01. The van der Waals surface area contributed by atoms with Gasteiger partial charge >= 0.3 is 0 Å². The summed E-state index contributed by atoms with van der Waals surface area (Å²) < 4.78 is 14.0. The van der Waals surface area contributed by atoms with Crippen LogP contribution in [0.15, 0.2) is 48.5 Å². The van der Waals surface area contributed by atoms with Crippen molar-refractivity contribution in [2.75, 3.05) is 36.4 Å². The van der Waals surface area contributed by atoms with Gasteiger partial charge in [-0.1, -0.05) is 18.2 Å². The van der Waals surface area contributed by atoms with Crippen molar-refractivity contribution in [2.24, 2.45) is 23.2 Å². The van der Waals surface area contributed by atoms with Gasteiger partial charge in [0, 0.05) is 56.1 Å². The second-order valence-corrected chi connectivity index (χ2v) is 11.5. The van der Waals surface area contributed by atoms with Gasteiger partial charge in [-0.2, -0.15) is 0 Å². The van der Waals surface area contributed by atoms with E-state index in [2.05, 4.69) is 27.2 Å². The summed E-state index contributed by atoms with van der Waals surface area (Å²) in [7, 11) is 0. The van der Waals surface area contributed by atoms with Gasteiger partial charge in [0.2, 0.25) is 5.91 Å². The average Bonchev–Trinajstić information content (AvgIpc) is 2.80. The van der Waals surface area contributed by atoms with E-state index in [1.165, 1.54) is 50.3 Å². The van der Waals surface area contributed by atoms with Gasteiger partial charge in [0.25, 0.3) is 0 Å². The first kappa shape index (κ1) is 22.1. The molecule has 0 spiro atoms. The van der Waals surface area contributed by atoms with Crippen LogP contribution < -0.4 is 10.2 Å². The maximum absolute atomic E-state index is 14.0. The number of carbonyl (C=O) groups is 1. The number of hydrogen-bond donors (Lipinski definition) is 1. The molecule has 1 aliphatic heterocycles. The van der Waals surface area contributed by atoms with Crippen LogP contribution in [0.4, 0.5) is 15.8 Å². The molecule has 1 N–H and O–H groups in total. The molecule has 2 aromatic carbocycles. The number of halogens is 1. The van der Waals surface area contributed by atoms with Gasteiger partial charge in [-0.05, 0) is 92.0 Å². The van der Waals surface area contributed by atoms with E-state index in [0.29, 0.717) is 13.0 Å². The van der Waals surface area contributed by atoms with Crippen LogP contribution in [0.2, 0.25) is 0 Å². The Kier molecular flexibility index (Phi) is 5.84. The van der Waals surface area contributed by atoms with Crippen molar-refractivity contribution < 1.29 is 9.18 Å². The molecule has 5 fully saturated rings. The number of benzene rings is 2. The molecule has 4 bridgehead atoms. The lowest BCUT2D eigenvalue weighted by atomic mass is 9.49. The quantitative estimate of drug-likeness (QED) is 0.600. The van der Waals surface area contributed by atoms with Crippen molar-refractivity contribution in [1.82, 2.24) is 4.90 Å². The first-order chi connectivity index (χ1) is 16.5. The summed E-state index contributed by atoms with van der Waals surface area (Å²) in [5, 5.41) is 3.19. The van der Waals surface area contributed by atoms with Gasteiger partial charge < -0.3 is 10.2 Å². The van der Waals surface area contributed by atoms with Gasteiger partial charge in [-0.15, -0.1) is 0 Å². The molecule has 7 rings (SSSR count). The number of rotatable bonds is 6. The van der Waals surface area contributed by atoms with E-state index < -0.39 is 0 Å². The topological polar surface area (TPSA) is 35.6 Å². The molecule has 0 unspecified atom stereocenters. The molecule has 0 aromatic heterocycles. The first-order valence-corrected chi connectivity index (χ1v) is 13.1. The highest BCUT2D eigenvalue weighted by atomic mass is 19.1. The number of nitrogens with zero attached hydrogens (tertiary/aromatic N) is 2. The molecule has 4 saturated carbocycles. The molecule has 1 heterocycles. The molecule has 4 aliphatic carbocycles. The minimum Gasteiger partial charge on any atom is -0.369 e. The standard InChI is InChI=1S/C29H36FN3O/c30-27-4-2-1-3-24(27)20-32-9-11-33(12-10-32)26-7-5-25(6-8-26)31-28(34)19-29-16-21-13-22(17-29)15-23(14-21)18-29/h1-8,21-23H,9-20H2,(H,31,34). The summed E-state index contributed by atoms with van der Waals surface area (Å²) in [5.41, 5.74) is 3.13. The Morgan fingerprint density at radius 2 is 1.50 bits per heavy atom. The Labute approximate surface area is 202 Å². The van der Waals surface area contributed by atoms with Crippen LogP contribution in [0, 0.1) is 29.0 Å². The normalized spacial score (nSPS) is 30.5. The summed E-state index contributed by atoms with van der Waals surface area (Å²) >= 11 is 0. The predicted octanol–water partition coefficient (Wildman–Crippen LogP) is 5.69. The highest BCUT2D eigenvalue weighted by molar-refractivity contribution is 5.91. The van der Waals surface area contributed by atoms with E-state index in [4.69, 9.17) is 0 Å². The van der Waals surface area contributed by atoms with Crippen LogP contribution >= 0.6 is 0 Å². The number of nitrogens with one attached hydrogen (secondary N) is 1. The smallest absolute Gasteiger partial charge is 0.224 e. The number of piperazine rings is 1. The highest BCUT2D eigenvalue weighted by Crippen LogP contribution is 2.61. The lowest BCUT2D eigenvalue weighted by Crippen LogP contribution is -2.47. The maximum atomic E-state index is 14.0. The summed E-state index contributed by atoms with van der Waals surface area (Å²) in [6.45, 7) is 4.34. The molecule has 4 nitrogen and oxygen atoms in total. The fraction of sp³-hybridized carbons (Fsp3) is 0.552. The average molecular weight is 462 g/mol. The molecule has 5 aliphatic rings. The van der Waals surface area contributed by atoms with Gasteiger partial charge in [-0.3, -0.25) is 9.69 Å². The molecule has 5 heteroatoms. The van der Waals surface area contributed by atoms with Crippen molar-refractivity contribution in [3.8, 4) is 0 Å². The zero-order valence-corrected chi connectivity index (χ0v) is 20.0. The monoisotopic (exact) mass is 461 g/mol. The number of carbonyl (C=O) groups excluding carboxylic acids is 1. The number of amides is 1. The summed E-state index contributed by atoms with van der Waals surface area (Å²) in [4.78, 5) is 17.6. The van der Waals surface area contributed by atoms with Crippen LogP contribution in [0.3, 0.4) is 0 Å². The molecular weight excluding hydrogens is 425 g/mol. The van der Waals surface area contributed by atoms with Crippen LogP contribution in [0.1, 0.15) is 50.5 Å². The third-order valence-corrected chi connectivity index (χ3v) is 8.94. The molecule has 180 valence electrons. The largest absolute Gasteiger partial charge is 0.369 e. The number of anilines is 2. The summed E-state index contributed by atoms with van der Waals surface area (Å²) in [5.74, 6) is 2.71. The molecule has 1 saturated heterocycles. The van der Waals surface area contributed by atoms with Gasteiger partial charge in [0.15, 0.2) is 0 Å². The Morgan fingerprint density at radius 3 is 2.12 bits per heavy atom. The summed E-state index contributed by atoms with van der Waals surface area (Å²) in [6, 6.07) is 15.4. The Morgan fingerprint density at radius 1 is 0.882 bits per heavy atom. The minimum absolute atomic E-state index is 0.120. The fourth-order valence-electron chi connectivity index (χ4n) is 7.84. The maximum Gasteiger partial charge on any atom is 0.224 e. The third-order valence-electron chi connectivity index (χ3n) is 8.94. The van der Waals surface area contributed by atoms with Crippen molar-refractivity contribution in [1.29, 1.82) is 0 Å². The van der Waals surface area contributed by atoms with Crippen LogP contribution in [0.25, 0.3) is 0 Å². The minimum atomic E-state index is -0.120. The lowest BCUT2D eigenvalue weighted by Gasteiger charge is -2.56. The molecule has 0 atom stereocenters. The second kappa shape index (κ2) is 8.99.